The van der Waals surface area contributed by atoms with Crippen LogP contribution in [-0.2, 0) is 0 Å². The Kier molecular flexibility index (Phi) is 5.11. The van der Waals surface area contributed by atoms with E-state index in [2.05, 4.69) is 20.3 Å². The van der Waals surface area contributed by atoms with Gasteiger partial charge in [0.1, 0.15) is 17.8 Å². The Balaban J connectivity index is 1.86. The molecule has 0 aliphatic heterocycles. The first-order valence-corrected chi connectivity index (χ1v) is 7.89. The van der Waals surface area contributed by atoms with Crippen LogP contribution in [0.25, 0.3) is 11.3 Å². The second-order valence-electron chi connectivity index (χ2n) is 5.01. The van der Waals surface area contributed by atoms with Gasteiger partial charge in [-0.3, -0.25) is 9.78 Å². The molecule has 2 heterocycles. The van der Waals surface area contributed by atoms with Crippen molar-refractivity contribution in [3.63, 3.8) is 0 Å². The lowest BCUT2D eigenvalue weighted by molar-refractivity contribution is 0.102. The SMILES string of the molecule is COc1cncc(NC(=O)c2cc(-c3cc(Cl)cc(Cl)c3)ncn2)c1. The van der Waals surface area contributed by atoms with Crippen LogP contribution < -0.4 is 10.1 Å². The fraction of sp³-hybridized carbons (Fsp3) is 0.0588. The van der Waals surface area contributed by atoms with Crippen molar-refractivity contribution < 1.29 is 9.53 Å². The molecule has 0 radical (unpaired) electrons. The van der Waals surface area contributed by atoms with Crippen molar-refractivity contribution in [2.45, 2.75) is 0 Å². The van der Waals surface area contributed by atoms with E-state index in [1.165, 1.54) is 19.6 Å². The molecule has 3 rings (SSSR count). The summed E-state index contributed by atoms with van der Waals surface area (Å²) in [6.45, 7) is 0. The number of halogens is 2. The van der Waals surface area contributed by atoms with Crippen molar-refractivity contribution in [2.75, 3.05) is 12.4 Å². The van der Waals surface area contributed by atoms with Crippen LogP contribution in [0.2, 0.25) is 10.0 Å². The van der Waals surface area contributed by atoms with E-state index in [1.807, 2.05) is 0 Å². The fourth-order valence-electron chi connectivity index (χ4n) is 2.14. The molecule has 6 nitrogen and oxygen atoms in total. The van der Waals surface area contributed by atoms with E-state index in [-0.39, 0.29) is 5.69 Å². The summed E-state index contributed by atoms with van der Waals surface area (Å²) in [5.74, 6) is 0.140. The predicted molar refractivity (Wildman–Crippen MR) is 96.2 cm³/mol. The number of rotatable bonds is 4. The number of ether oxygens (including phenoxy) is 1. The second kappa shape index (κ2) is 7.46. The summed E-state index contributed by atoms with van der Waals surface area (Å²) < 4.78 is 5.08. The average Bonchev–Trinajstić information content (AvgIpc) is 2.61. The third-order valence-corrected chi connectivity index (χ3v) is 3.70. The molecule has 0 saturated heterocycles. The summed E-state index contributed by atoms with van der Waals surface area (Å²) >= 11 is 12.0. The van der Waals surface area contributed by atoms with Gasteiger partial charge in [0.25, 0.3) is 5.91 Å². The molecule has 1 N–H and O–H groups in total. The average molecular weight is 375 g/mol. The molecule has 8 heteroatoms. The van der Waals surface area contributed by atoms with Crippen LogP contribution in [-0.4, -0.2) is 28.0 Å². The van der Waals surface area contributed by atoms with Gasteiger partial charge in [-0.15, -0.1) is 0 Å². The molecule has 0 bridgehead atoms. The largest absolute Gasteiger partial charge is 0.495 e. The van der Waals surface area contributed by atoms with E-state index in [9.17, 15) is 4.79 Å². The quantitative estimate of drug-likeness (QED) is 0.743. The standard InChI is InChI=1S/C17H12Cl2N4O2/c1-25-14-5-13(7-20-8-14)23-17(24)16-6-15(21-9-22-16)10-2-11(18)4-12(19)3-10/h2-9H,1H3,(H,23,24). The maximum absolute atomic E-state index is 12.4. The van der Waals surface area contributed by atoms with Crippen LogP contribution in [0, 0.1) is 0 Å². The van der Waals surface area contributed by atoms with Crippen LogP contribution in [0.5, 0.6) is 5.75 Å². The molecule has 0 fully saturated rings. The normalized spacial score (nSPS) is 10.4. The number of carbonyl (C=O) groups excluding carboxylic acids is 1. The minimum Gasteiger partial charge on any atom is -0.495 e. The summed E-state index contributed by atoms with van der Waals surface area (Å²) in [6.07, 6.45) is 4.36. The zero-order valence-electron chi connectivity index (χ0n) is 13.0. The molecule has 25 heavy (non-hydrogen) atoms. The molecule has 0 aliphatic rings. The van der Waals surface area contributed by atoms with E-state index >= 15 is 0 Å². The highest BCUT2D eigenvalue weighted by molar-refractivity contribution is 6.35. The molecule has 1 amide bonds. The van der Waals surface area contributed by atoms with E-state index in [1.54, 1.807) is 36.5 Å². The molecule has 0 atom stereocenters. The number of nitrogens with one attached hydrogen (secondary N) is 1. The van der Waals surface area contributed by atoms with Gasteiger partial charge in [-0.25, -0.2) is 9.97 Å². The zero-order valence-corrected chi connectivity index (χ0v) is 14.5. The molecular weight excluding hydrogens is 363 g/mol. The van der Waals surface area contributed by atoms with Crippen molar-refractivity contribution >= 4 is 34.8 Å². The van der Waals surface area contributed by atoms with Crippen molar-refractivity contribution in [3.05, 3.63) is 64.8 Å². The van der Waals surface area contributed by atoms with Gasteiger partial charge in [0.05, 0.1) is 30.9 Å². The lowest BCUT2D eigenvalue weighted by atomic mass is 10.1. The van der Waals surface area contributed by atoms with Gasteiger partial charge in [-0.1, -0.05) is 23.2 Å². The molecule has 0 aliphatic carbocycles. The maximum Gasteiger partial charge on any atom is 0.274 e. The number of pyridine rings is 1. The van der Waals surface area contributed by atoms with Gasteiger partial charge in [-0.05, 0) is 24.3 Å². The topological polar surface area (TPSA) is 77.0 Å². The highest BCUT2D eigenvalue weighted by Crippen LogP contribution is 2.26. The lowest BCUT2D eigenvalue weighted by Gasteiger charge is -2.07. The Morgan fingerprint density at radius 2 is 1.80 bits per heavy atom. The third kappa shape index (κ3) is 4.23. The molecule has 0 unspecified atom stereocenters. The molecule has 2 aromatic heterocycles. The molecular formula is C17H12Cl2N4O2. The number of nitrogens with zero attached hydrogens (tertiary/aromatic N) is 3. The van der Waals surface area contributed by atoms with Gasteiger partial charge in [0.15, 0.2) is 0 Å². The maximum atomic E-state index is 12.4. The van der Waals surface area contributed by atoms with E-state index in [0.717, 1.165) is 0 Å². The van der Waals surface area contributed by atoms with E-state index < -0.39 is 5.91 Å². The second-order valence-corrected chi connectivity index (χ2v) is 5.89. The number of carbonyl (C=O) groups is 1. The van der Waals surface area contributed by atoms with Crippen molar-refractivity contribution in [1.82, 2.24) is 15.0 Å². The minimum atomic E-state index is -0.396. The van der Waals surface area contributed by atoms with Gasteiger partial charge >= 0.3 is 0 Å². The number of aromatic nitrogens is 3. The smallest absolute Gasteiger partial charge is 0.274 e. The van der Waals surface area contributed by atoms with Gasteiger partial charge in [0.2, 0.25) is 0 Å². The Morgan fingerprint density at radius 1 is 1.04 bits per heavy atom. The summed E-state index contributed by atoms with van der Waals surface area (Å²) in [5.41, 5.74) is 1.92. The van der Waals surface area contributed by atoms with Crippen LogP contribution in [0.15, 0.2) is 49.1 Å². The van der Waals surface area contributed by atoms with Crippen LogP contribution in [0.4, 0.5) is 5.69 Å². The molecule has 0 saturated carbocycles. The van der Waals surface area contributed by atoms with Gasteiger partial charge < -0.3 is 10.1 Å². The molecule has 3 aromatic rings. The van der Waals surface area contributed by atoms with Gasteiger partial charge in [-0.2, -0.15) is 0 Å². The Bertz CT molecular complexity index is 914. The third-order valence-electron chi connectivity index (χ3n) is 3.26. The Labute approximate surface area is 153 Å². The molecule has 126 valence electrons. The molecule has 0 spiro atoms. The summed E-state index contributed by atoms with van der Waals surface area (Å²) in [4.78, 5) is 24.6. The number of methoxy groups -OCH3 is 1. The van der Waals surface area contributed by atoms with Crippen molar-refractivity contribution in [3.8, 4) is 17.0 Å². The first-order chi connectivity index (χ1) is 12.0. The zero-order chi connectivity index (χ0) is 17.8. The molecule has 1 aromatic carbocycles. The fourth-order valence-corrected chi connectivity index (χ4v) is 2.66. The predicted octanol–water partition coefficient (Wildman–Crippen LogP) is 4.11. The summed E-state index contributed by atoms with van der Waals surface area (Å²) in [6, 6.07) is 8.26. The van der Waals surface area contributed by atoms with Crippen LogP contribution in [0.3, 0.4) is 0 Å². The first kappa shape index (κ1) is 17.1. The first-order valence-electron chi connectivity index (χ1n) is 7.14. The van der Waals surface area contributed by atoms with E-state index in [4.69, 9.17) is 27.9 Å². The number of hydrogen-bond acceptors (Lipinski definition) is 5. The monoisotopic (exact) mass is 374 g/mol. The highest BCUT2D eigenvalue weighted by atomic mass is 35.5. The Hall–Kier alpha value is -2.70. The number of anilines is 1. The summed E-state index contributed by atoms with van der Waals surface area (Å²) in [7, 11) is 1.52. The highest BCUT2D eigenvalue weighted by Gasteiger charge is 2.11. The summed E-state index contributed by atoms with van der Waals surface area (Å²) in [5, 5.41) is 3.67. The van der Waals surface area contributed by atoms with Gasteiger partial charge in [0, 0.05) is 21.7 Å². The van der Waals surface area contributed by atoms with Crippen LogP contribution in [0.1, 0.15) is 10.5 Å². The van der Waals surface area contributed by atoms with E-state index in [0.29, 0.717) is 32.7 Å². The number of hydrogen-bond donors (Lipinski definition) is 1. The van der Waals surface area contributed by atoms with Crippen molar-refractivity contribution in [2.24, 2.45) is 0 Å². The van der Waals surface area contributed by atoms with Crippen molar-refractivity contribution in [1.29, 1.82) is 0 Å². The number of benzene rings is 1. The lowest BCUT2D eigenvalue weighted by Crippen LogP contribution is -2.14. The minimum absolute atomic E-state index is 0.198. The van der Waals surface area contributed by atoms with Crippen LogP contribution >= 0.6 is 23.2 Å². The Morgan fingerprint density at radius 3 is 2.52 bits per heavy atom. The number of amides is 1.